The Hall–Kier alpha value is -2.77. The van der Waals surface area contributed by atoms with Crippen molar-refractivity contribution in [3.8, 4) is 5.75 Å². The molecule has 8 nitrogen and oxygen atoms in total. The quantitative estimate of drug-likeness (QED) is 0.564. The topological polar surface area (TPSA) is 120 Å². The first-order valence-electron chi connectivity index (χ1n) is 9.40. The van der Waals surface area contributed by atoms with Crippen molar-refractivity contribution in [3.63, 3.8) is 0 Å². The number of amides is 3. The van der Waals surface area contributed by atoms with Crippen molar-refractivity contribution in [1.82, 2.24) is 10.6 Å². The van der Waals surface area contributed by atoms with Crippen molar-refractivity contribution in [2.24, 2.45) is 5.73 Å². The molecular formula is C20H31N3O5. The molecule has 1 atom stereocenters. The maximum atomic E-state index is 12.7. The number of primary amides is 1. The molecule has 1 aromatic carbocycles. The van der Waals surface area contributed by atoms with Crippen molar-refractivity contribution >= 4 is 17.9 Å². The van der Waals surface area contributed by atoms with Crippen LogP contribution in [0.2, 0.25) is 0 Å². The number of carbonyl (C=O) groups excluding carboxylic acids is 3. The van der Waals surface area contributed by atoms with Crippen LogP contribution in [-0.2, 0) is 9.53 Å². The molecule has 3 amide bonds. The molecule has 0 aromatic heterocycles. The summed E-state index contributed by atoms with van der Waals surface area (Å²) in [4.78, 5) is 35.5. The Balaban J connectivity index is 2.76. The van der Waals surface area contributed by atoms with Crippen molar-refractivity contribution in [2.75, 3.05) is 13.2 Å². The lowest BCUT2D eigenvalue weighted by Crippen LogP contribution is -2.45. The lowest BCUT2D eigenvalue weighted by Gasteiger charge is -2.23. The van der Waals surface area contributed by atoms with Crippen LogP contribution in [0, 0.1) is 0 Å². The van der Waals surface area contributed by atoms with E-state index >= 15 is 0 Å². The number of carbonyl (C=O) groups is 3. The van der Waals surface area contributed by atoms with Crippen LogP contribution in [0.25, 0.3) is 0 Å². The van der Waals surface area contributed by atoms with Crippen LogP contribution >= 0.6 is 0 Å². The highest BCUT2D eigenvalue weighted by Gasteiger charge is 2.20. The molecule has 0 radical (unpaired) electrons. The normalized spacial score (nSPS) is 12.0. The number of nitrogens with two attached hydrogens (primary N) is 1. The van der Waals surface area contributed by atoms with Gasteiger partial charge in [0.1, 0.15) is 11.4 Å². The Bertz CT molecular complexity index is 670. The largest absolute Gasteiger partial charge is 0.483 e. The van der Waals surface area contributed by atoms with Gasteiger partial charge in [0.2, 0.25) is 0 Å². The first-order valence-corrected chi connectivity index (χ1v) is 9.40. The summed E-state index contributed by atoms with van der Waals surface area (Å²) in [5, 5.41) is 5.60. The van der Waals surface area contributed by atoms with Gasteiger partial charge in [-0.05, 0) is 39.3 Å². The minimum atomic E-state index is -0.627. The van der Waals surface area contributed by atoms with Gasteiger partial charge in [-0.3, -0.25) is 9.59 Å². The molecule has 0 aliphatic heterocycles. The summed E-state index contributed by atoms with van der Waals surface area (Å²) in [7, 11) is 0. The second-order valence-corrected chi connectivity index (χ2v) is 7.45. The van der Waals surface area contributed by atoms with Crippen molar-refractivity contribution < 1.29 is 23.9 Å². The summed E-state index contributed by atoms with van der Waals surface area (Å²) in [5.74, 6) is -0.710. The van der Waals surface area contributed by atoms with Crippen LogP contribution in [0.15, 0.2) is 24.3 Å². The monoisotopic (exact) mass is 393 g/mol. The summed E-state index contributed by atoms with van der Waals surface area (Å²) in [6.45, 7) is 7.33. The third-order valence-corrected chi connectivity index (χ3v) is 3.63. The van der Waals surface area contributed by atoms with E-state index in [1.807, 2.05) is 6.92 Å². The number of rotatable bonds is 10. The summed E-state index contributed by atoms with van der Waals surface area (Å²) >= 11 is 0. The van der Waals surface area contributed by atoms with Crippen LogP contribution < -0.4 is 21.1 Å². The molecule has 1 aromatic rings. The van der Waals surface area contributed by atoms with Gasteiger partial charge >= 0.3 is 6.09 Å². The zero-order valence-corrected chi connectivity index (χ0v) is 17.0. The molecule has 0 fully saturated rings. The molecule has 0 aliphatic rings. The highest BCUT2D eigenvalue weighted by atomic mass is 16.6. The molecule has 4 N–H and O–H groups in total. The van der Waals surface area contributed by atoms with Gasteiger partial charge in [0.15, 0.2) is 6.61 Å². The smallest absolute Gasteiger partial charge is 0.407 e. The minimum absolute atomic E-state index is 0.241. The van der Waals surface area contributed by atoms with E-state index in [2.05, 4.69) is 10.6 Å². The summed E-state index contributed by atoms with van der Waals surface area (Å²) in [5.41, 5.74) is 4.80. The second kappa shape index (κ2) is 11.2. The van der Waals surface area contributed by atoms with Gasteiger partial charge in [-0.2, -0.15) is 0 Å². The van der Waals surface area contributed by atoms with E-state index in [0.29, 0.717) is 12.0 Å². The Labute approximate surface area is 166 Å². The lowest BCUT2D eigenvalue weighted by molar-refractivity contribution is -0.119. The molecule has 156 valence electrons. The number of alkyl carbamates (subject to hydrolysis) is 1. The zero-order chi connectivity index (χ0) is 21.2. The molecule has 8 heteroatoms. The van der Waals surface area contributed by atoms with E-state index in [-0.39, 0.29) is 30.9 Å². The predicted molar refractivity (Wildman–Crippen MR) is 106 cm³/mol. The highest BCUT2D eigenvalue weighted by Crippen LogP contribution is 2.18. The van der Waals surface area contributed by atoms with Gasteiger partial charge in [-0.15, -0.1) is 0 Å². The van der Waals surface area contributed by atoms with E-state index in [1.54, 1.807) is 45.0 Å². The average molecular weight is 393 g/mol. The fraction of sp³-hybridized carbons (Fsp3) is 0.550. The summed E-state index contributed by atoms with van der Waals surface area (Å²) in [6, 6.07) is 6.32. The standard InChI is InChI=1S/C20H31N3O5/c1-5-6-9-14(12-22-19(26)28-20(2,3)4)23-18(25)15-10-7-8-11-16(15)27-13-17(21)24/h7-8,10-11,14H,5-6,9,12-13H2,1-4H3,(H2,21,24)(H,22,26)(H,23,25)/t14-/m1/s1. The number of para-hydroxylation sites is 1. The number of unbranched alkanes of at least 4 members (excludes halogenated alkanes) is 1. The fourth-order valence-corrected chi connectivity index (χ4v) is 2.39. The molecule has 0 saturated heterocycles. The van der Waals surface area contributed by atoms with Gasteiger partial charge in [0, 0.05) is 12.6 Å². The molecule has 28 heavy (non-hydrogen) atoms. The summed E-state index contributed by atoms with van der Waals surface area (Å²) in [6.07, 6.45) is 2.01. The third kappa shape index (κ3) is 9.25. The van der Waals surface area contributed by atoms with Crippen LogP contribution in [0.1, 0.15) is 57.3 Å². The van der Waals surface area contributed by atoms with Crippen LogP contribution in [0.5, 0.6) is 5.75 Å². The van der Waals surface area contributed by atoms with Crippen molar-refractivity contribution in [3.05, 3.63) is 29.8 Å². The number of hydrogen-bond donors (Lipinski definition) is 3. The predicted octanol–water partition coefficient (Wildman–Crippen LogP) is 2.36. The average Bonchev–Trinajstić information content (AvgIpc) is 2.60. The molecule has 1 rings (SSSR count). The number of benzene rings is 1. The van der Waals surface area contributed by atoms with Gasteiger partial charge in [0.05, 0.1) is 5.56 Å². The zero-order valence-electron chi connectivity index (χ0n) is 17.0. The minimum Gasteiger partial charge on any atom is -0.483 e. The molecule has 0 spiro atoms. The number of hydrogen-bond acceptors (Lipinski definition) is 5. The first-order chi connectivity index (χ1) is 13.1. The first kappa shape index (κ1) is 23.3. The van der Waals surface area contributed by atoms with Gasteiger partial charge in [-0.25, -0.2) is 4.79 Å². The van der Waals surface area contributed by atoms with Crippen LogP contribution in [0.3, 0.4) is 0 Å². The molecule has 0 unspecified atom stereocenters. The fourth-order valence-electron chi connectivity index (χ4n) is 2.39. The Morgan fingerprint density at radius 3 is 2.46 bits per heavy atom. The maximum absolute atomic E-state index is 12.7. The maximum Gasteiger partial charge on any atom is 0.407 e. The van der Waals surface area contributed by atoms with Crippen LogP contribution in [-0.4, -0.2) is 42.7 Å². The third-order valence-electron chi connectivity index (χ3n) is 3.63. The Kier molecular flexibility index (Phi) is 9.27. The molecular weight excluding hydrogens is 362 g/mol. The van der Waals surface area contributed by atoms with E-state index in [4.69, 9.17) is 15.2 Å². The van der Waals surface area contributed by atoms with E-state index in [9.17, 15) is 14.4 Å². The van der Waals surface area contributed by atoms with Crippen LogP contribution in [0.4, 0.5) is 4.79 Å². The second-order valence-electron chi connectivity index (χ2n) is 7.45. The van der Waals surface area contributed by atoms with E-state index in [0.717, 1.165) is 12.8 Å². The SMILES string of the molecule is CCCC[C@H](CNC(=O)OC(C)(C)C)NC(=O)c1ccccc1OCC(N)=O. The highest BCUT2D eigenvalue weighted by molar-refractivity contribution is 5.97. The van der Waals surface area contributed by atoms with E-state index < -0.39 is 17.6 Å². The lowest BCUT2D eigenvalue weighted by atomic mass is 10.1. The van der Waals surface area contributed by atoms with Gasteiger partial charge in [0.25, 0.3) is 11.8 Å². The Morgan fingerprint density at radius 2 is 1.86 bits per heavy atom. The number of nitrogens with one attached hydrogen (secondary N) is 2. The summed E-state index contributed by atoms with van der Waals surface area (Å²) < 4.78 is 10.5. The van der Waals surface area contributed by atoms with Gasteiger partial charge in [-0.1, -0.05) is 31.9 Å². The van der Waals surface area contributed by atoms with Gasteiger partial charge < -0.3 is 25.8 Å². The molecule has 0 heterocycles. The van der Waals surface area contributed by atoms with Crippen molar-refractivity contribution in [1.29, 1.82) is 0 Å². The Morgan fingerprint density at radius 1 is 1.18 bits per heavy atom. The van der Waals surface area contributed by atoms with E-state index in [1.165, 1.54) is 0 Å². The number of ether oxygens (including phenoxy) is 2. The molecule has 0 aliphatic carbocycles. The molecule has 0 bridgehead atoms. The molecule has 0 saturated carbocycles. The van der Waals surface area contributed by atoms with Crippen molar-refractivity contribution in [2.45, 2.75) is 58.6 Å².